The molecule has 104 valence electrons. The van der Waals surface area contributed by atoms with Crippen molar-refractivity contribution in [1.29, 1.82) is 0 Å². The zero-order valence-corrected chi connectivity index (χ0v) is 11.7. The third-order valence-corrected chi connectivity index (χ3v) is 3.80. The van der Waals surface area contributed by atoms with E-state index in [0.29, 0.717) is 6.54 Å². The average Bonchev–Trinajstić information content (AvgIpc) is 2.57. The fourth-order valence-corrected chi connectivity index (χ4v) is 2.50. The fourth-order valence-electron chi connectivity index (χ4n) is 2.50. The number of aliphatic hydroxyl groups excluding tert-OH is 1. The monoisotopic (exact) mass is 262 g/mol. The van der Waals surface area contributed by atoms with Crippen molar-refractivity contribution < 1.29 is 9.90 Å². The van der Waals surface area contributed by atoms with Gasteiger partial charge in [0.2, 0.25) is 5.91 Å². The van der Waals surface area contributed by atoms with E-state index in [4.69, 9.17) is 0 Å². The van der Waals surface area contributed by atoms with E-state index < -0.39 is 6.04 Å². The minimum atomic E-state index is -0.423. The molecule has 0 bridgehead atoms. The number of carbonyl (C=O) groups is 1. The molecule has 1 atom stereocenters. The van der Waals surface area contributed by atoms with Gasteiger partial charge in [0.05, 0.1) is 6.61 Å². The Morgan fingerprint density at radius 1 is 1.26 bits per heavy atom. The first kappa shape index (κ1) is 14.0. The number of likely N-dealkylation sites (N-methyl/N-ethyl adjacent to an activating group) is 1. The highest BCUT2D eigenvalue weighted by Crippen LogP contribution is 2.20. The molecular formula is C15H22N2O2. The molecule has 2 rings (SSSR count). The van der Waals surface area contributed by atoms with E-state index in [0.717, 1.165) is 25.1 Å². The summed E-state index contributed by atoms with van der Waals surface area (Å²) in [6.45, 7) is 3.54. The number of aryl methyl sites for hydroxylation is 1. The Hall–Kier alpha value is -1.39. The highest BCUT2D eigenvalue weighted by Gasteiger charge is 2.30. The van der Waals surface area contributed by atoms with E-state index in [9.17, 15) is 9.90 Å². The number of nitrogens with zero attached hydrogens (tertiary/aromatic N) is 2. The Kier molecular flexibility index (Phi) is 4.56. The second kappa shape index (κ2) is 6.17. The Morgan fingerprint density at radius 3 is 2.53 bits per heavy atom. The van der Waals surface area contributed by atoms with Crippen LogP contribution in [0.2, 0.25) is 0 Å². The van der Waals surface area contributed by atoms with E-state index in [1.165, 1.54) is 5.56 Å². The van der Waals surface area contributed by atoms with E-state index >= 15 is 0 Å². The van der Waals surface area contributed by atoms with Crippen molar-refractivity contribution >= 4 is 11.6 Å². The van der Waals surface area contributed by atoms with Gasteiger partial charge in [0.25, 0.3) is 0 Å². The number of benzene rings is 1. The van der Waals surface area contributed by atoms with Crippen LogP contribution in [0.25, 0.3) is 0 Å². The lowest BCUT2D eigenvalue weighted by Crippen LogP contribution is -2.46. The summed E-state index contributed by atoms with van der Waals surface area (Å²) in [5.74, 6) is -0.00764. The van der Waals surface area contributed by atoms with Crippen molar-refractivity contribution in [2.45, 2.75) is 25.8 Å². The van der Waals surface area contributed by atoms with Crippen molar-refractivity contribution in [3.05, 3.63) is 29.8 Å². The lowest BCUT2D eigenvalue weighted by atomic mass is 10.1. The molecule has 1 unspecified atom stereocenters. The van der Waals surface area contributed by atoms with Gasteiger partial charge in [0, 0.05) is 18.8 Å². The number of rotatable bonds is 3. The molecule has 1 amide bonds. The van der Waals surface area contributed by atoms with Gasteiger partial charge in [-0.25, -0.2) is 0 Å². The van der Waals surface area contributed by atoms with Gasteiger partial charge in [-0.3, -0.25) is 9.69 Å². The van der Waals surface area contributed by atoms with Crippen LogP contribution in [0, 0.1) is 0 Å². The second-order valence-electron chi connectivity index (χ2n) is 5.04. The molecule has 1 aliphatic rings. The van der Waals surface area contributed by atoms with Crippen molar-refractivity contribution in [3.63, 3.8) is 0 Å². The molecular weight excluding hydrogens is 240 g/mol. The molecule has 0 spiro atoms. The predicted molar refractivity (Wildman–Crippen MR) is 76.3 cm³/mol. The number of carbonyl (C=O) groups excluding carboxylic acids is 1. The van der Waals surface area contributed by atoms with Gasteiger partial charge in [-0.2, -0.15) is 0 Å². The van der Waals surface area contributed by atoms with E-state index in [1.807, 2.05) is 24.1 Å². The summed E-state index contributed by atoms with van der Waals surface area (Å²) in [5, 5.41) is 9.41. The molecule has 1 fully saturated rings. The summed E-state index contributed by atoms with van der Waals surface area (Å²) in [7, 11) is 1.89. The number of amides is 1. The zero-order chi connectivity index (χ0) is 13.8. The minimum Gasteiger partial charge on any atom is -0.394 e. The highest BCUT2D eigenvalue weighted by molar-refractivity contribution is 5.97. The molecule has 4 nitrogen and oxygen atoms in total. The predicted octanol–water partition coefficient (Wildman–Crippen LogP) is 1.28. The molecule has 4 heteroatoms. The third kappa shape index (κ3) is 2.96. The molecule has 19 heavy (non-hydrogen) atoms. The van der Waals surface area contributed by atoms with Crippen LogP contribution in [-0.4, -0.2) is 48.7 Å². The molecule has 1 heterocycles. The molecule has 1 N–H and O–H groups in total. The Balaban J connectivity index is 2.23. The Morgan fingerprint density at radius 2 is 1.95 bits per heavy atom. The number of anilines is 1. The topological polar surface area (TPSA) is 43.8 Å². The lowest BCUT2D eigenvalue weighted by Gasteiger charge is -2.26. The lowest BCUT2D eigenvalue weighted by molar-refractivity contribution is -0.123. The highest BCUT2D eigenvalue weighted by atomic mass is 16.3. The van der Waals surface area contributed by atoms with Gasteiger partial charge in [0.1, 0.15) is 6.04 Å². The average molecular weight is 262 g/mol. The summed E-state index contributed by atoms with van der Waals surface area (Å²) in [6, 6.07) is 7.69. The smallest absolute Gasteiger partial charge is 0.246 e. The van der Waals surface area contributed by atoms with Crippen LogP contribution in [0.15, 0.2) is 24.3 Å². The van der Waals surface area contributed by atoms with Crippen molar-refractivity contribution in [2.24, 2.45) is 0 Å². The van der Waals surface area contributed by atoms with E-state index in [2.05, 4.69) is 19.1 Å². The summed E-state index contributed by atoms with van der Waals surface area (Å²) < 4.78 is 0. The van der Waals surface area contributed by atoms with Gasteiger partial charge in [0.15, 0.2) is 0 Å². The minimum absolute atomic E-state index is 0.00764. The third-order valence-electron chi connectivity index (χ3n) is 3.80. The van der Waals surface area contributed by atoms with Crippen molar-refractivity contribution in [3.8, 4) is 0 Å². The molecule has 0 saturated carbocycles. The van der Waals surface area contributed by atoms with Crippen LogP contribution in [-0.2, 0) is 11.2 Å². The number of hydrogen-bond acceptors (Lipinski definition) is 3. The van der Waals surface area contributed by atoms with Crippen LogP contribution >= 0.6 is 0 Å². The van der Waals surface area contributed by atoms with Gasteiger partial charge >= 0.3 is 0 Å². The standard InChI is InChI=1S/C15H22N2O2/c1-3-12-5-7-13(8-6-12)17-10-4-9-16(2)14(11-18)15(17)19/h5-8,14,18H,3-4,9-11H2,1-2H3. The summed E-state index contributed by atoms with van der Waals surface area (Å²) in [5.41, 5.74) is 2.19. The fraction of sp³-hybridized carbons (Fsp3) is 0.533. The number of hydrogen-bond donors (Lipinski definition) is 1. The summed E-state index contributed by atoms with van der Waals surface area (Å²) >= 11 is 0. The molecule has 0 aromatic heterocycles. The SMILES string of the molecule is CCc1ccc(N2CCCN(C)C(CO)C2=O)cc1. The second-order valence-corrected chi connectivity index (χ2v) is 5.04. The maximum Gasteiger partial charge on any atom is 0.246 e. The first-order valence-corrected chi connectivity index (χ1v) is 6.88. The van der Waals surface area contributed by atoms with Gasteiger partial charge in [-0.05, 0) is 37.6 Å². The molecule has 0 aliphatic carbocycles. The van der Waals surface area contributed by atoms with Crippen LogP contribution in [0.3, 0.4) is 0 Å². The van der Waals surface area contributed by atoms with Gasteiger partial charge in [-0.1, -0.05) is 19.1 Å². The van der Waals surface area contributed by atoms with Gasteiger partial charge in [-0.15, -0.1) is 0 Å². The maximum atomic E-state index is 12.5. The van der Waals surface area contributed by atoms with E-state index in [1.54, 1.807) is 4.90 Å². The normalized spacial score (nSPS) is 21.5. The maximum absolute atomic E-state index is 12.5. The molecule has 1 aliphatic heterocycles. The van der Waals surface area contributed by atoms with Crippen LogP contribution in [0.4, 0.5) is 5.69 Å². The Bertz CT molecular complexity index is 430. The molecule has 1 saturated heterocycles. The zero-order valence-electron chi connectivity index (χ0n) is 11.7. The van der Waals surface area contributed by atoms with Gasteiger partial charge < -0.3 is 10.0 Å². The van der Waals surface area contributed by atoms with E-state index in [-0.39, 0.29) is 12.5 Å². The van der Waals surface area contributed by atoms with Crippen molar-refractivity contribution in [1.82, 2.24) is 4.90 Å². The number of aliphatic hydroxyl groups is 1. The summed E-state index contributed by atoms with van der Waals surface area (Å²) in [4.78, 5) is 16.2. The molecule has 1 aromatic carbocycles. The summed E-state index contributed by atoms with van der Waals surface area (Å²) in [6.07, 6.45) is 1.92. The quantitative estimate of drug-likeness (QED) is 0.892. The van der Waals surface area contributed by atoms with Crippen LogP contribution < -0.4 is 4.90 Å². The van der Waals surface area contributed by atoms with Crippen molar-refractivity contribution in [2.75, 3.05) is 31.6 Å². The van der Waals surface area contributed by atoms with Crippen LogP contribution in [0.1, 0.15) is 18.9 Å². The molecule has 1 aromatic rings. The first-order chi connectivity index (χ1) is 9.17. The first-order valence-electron chi connectivity index (χ1n) is 6.88. The molecule has 0 radical (unpaired) electrons. The largest absolute Gasteiger partial charge is 0.394 e. The Labute approximate surface area is 114 Å². The van der Waals surface area contributed by atoms with Crippen LogP contribution in [0.5, 0.6) is 0 Å².